The summed E-state index contributed by atoms with van der Waals surface area (Å²) in [6.45, 7) is 1.94. The number of hydrogen-bond acceptors (Lipinski definition) is 1. The first-order chi connectivity index (χ1) is 7.84. The molecular formula is C15H22O. The Morgan fingerprint density at radius 3 is 2.19 bits per heavy atom. The molecule has 1 heteroatoms. The quantitative estimate of drug-likeness (QED) is 0.629. The van der Waals surface area contributed by atoms with Gasteiger partial charge in [0.25, 0.3) is 0 Å². The predicted octanol–water partition coefficient (Wildman–Crippen LogP) is 4.36. The molecule has 0 saturated carbocycles. The van der Waals surface area contributed by atoms with Crippen LogP contribution in [0.25, 0.3) is 0 Å². The van der Waals surface area contributed by atoms with Gasteiger partial charge in [-0.05, 0) is 44.1 Å². The van der Waals surface area contributed by atoms with Crippen molar-refractivity contribution in [3.8, 4) is 0 Å². The van der Waals surface area contributed by atoms with Crippen LogP contribution in [0.1, 0.15) is 51.9 Å². The Morgan fingerprint density at radius 2 is 1.56 bits per heavy atom. The van der Waals surface area contributed by atoms with E-state index in [1.54, 1.807) is 0 Å². The van der Waals surface area contributed by atoms with Crippen LogP contribution in [0, 0.1) is 0 Å². The lowest BCUT2D eigenvalue weighted by Crippen LogP contribution is -2.00. The van der Waals surface area contributed by atoms with Crippen molar-refractivity contribution in [1.29, 1.82) is 0 Å². The number of ketones is 1. The fourth-order valence-corrected chi connectivity index (χ4v) is 1.84. The molecule has 1 aliphatic rings. The molecule has 0 spiro atoms. The van der Waals surface area contributed by atoms with E-state index in [1.165, 1.54) is 0 Å². The van der Waals surface area contributed by atoms with Crippen molar-refractivity contribution in [2.75, 3.05) is 0 Å². The number of carbonyl (C=O) groups is 1. The van der Waals surface area contributed by atoms with E-state index in [9.17, 15) is 4.79 Å². The molecule has 0 atom stereocenters. The summed E-state index contributed by atoms with van der Waals surface area (Å²) in [4.78, 5) is 11.7. The van der Waals surface area contributed by atoms with Gasteiger partial charge in [-0.2, -0.15) is 0 Å². The molecule has 1 nitrogen and oxygen atoms in total. The third-order valence-electron chi connectivity index (χ3n) is 2.82. The zero-order valence-corrected chi connectivity index (χ0v) is 10.2. The summed E-state index contributed by atoms with van der Waals surface area (Å²) in [5, 5.41) is 0. The largest absolute Gasteiger partial charge is 0.295 e. The van der Waals surface area contributed by atoms with Gasteiger partial charge in [-0.25, -0.2) is 0 Å². The van der Waals surface area contributed by atoms with E-state index in [0.29, 0.717) is 12.2 Å². The van der Waals surface area contributed by atoms with E-state index in [1.807, 2.05) is 6.92 Å². The molecule has 1 aliphatic carbocycles. The van der Waals surface area contributed by atoms with Crippen LogP contribution in [-0.4, -0.2) is 5.78 Å². The first-order valence-corrected chi connectivity index (χ1v) is 6.36. The smallest absolute Gasteiger partial charge is 0.158 e. The number of carbonyl (C=O) groups excluding carboxylic acids is 1. The third-order valence-corrected chi connectivity index (χ3v) is 2.82. The highest BCUT2D eigenvalue weighted by molar-refractivity contribution is 5.95. The van der Waals surface area contributed by atoms with Gasteiger partial charge in [0, 0.05) is 6.42 Å². The van der Waals surface area contributed by atoms with E-state index >= 15 is 0 Å². The van der Waals surface area contributed by atoms with Crippen molar-refractivity contribution in [3.05, 3.63) is 36.0 Å². The predicted molar refractivity (Wildman–Crippen MR) is 69.4 cm³/mol. The van der Waals surface area contributed by atoms with E-state index in [4.69, 9.17) is 0 Å². The van der Waals surface area contributed by atoms with Crippen LogP contribution in [0.5, 0.6) is 0 Å². The third kappa shape index (κ3) is 5.11. The summed E-state index contributed by atoms with van der Waals surface area (Å²) < 4.78 is 0. The van der Waals surface area contributed by atoms with Gasteiger partial charge in [-0.15, -0.1) is 0 Å². The Labute approximate surface area is 98.9 Å². The lowest BCUT2D eigenvalue weighted by atomic mass is 10.0. The standard InChI is InChI=1S/C15H22O/c1-2-15(16)14-12-10-8-6-4-3-5-7-9-11-13-14/h4,6-7,9,12H,2-3,5,8,10-11,13H2,1H3/b6-4-,9-7-,14-12+. The highest BCUT2D eigenvalue weighted by Gasteiger charge is 2.05. The molecule has 16 heavy (non-hydrogen) atoms. The Bertz CT molecular complexity index is 295. The van der Waals surface area contributed by atoms with Crippen molar-refractivity contribution >= 4 is 5.78 Å². The van der Waals surface area contributed by atoms with Crippen LogP contribution in [-0.2, 0) is 4.79 Å². The average molecular weight is 218 g/mol. The second-order valence-corrected chi connectivity index (χ2v) is 4.14. The van der Waals surface area contributed by atoms with Gasteiger partial charge in [0.2, 0.25) is 0 Å². The summed E-state index contributed by atoms with van der Waals surface area (Å²) in [7, 11) is 0. The zero-order chi connectivity index (χ0) is 11.6. The van der Waals surface area contributed by atoms with Crippen LogP contribution in [0.15, 0.2) is 36.0 Å². The van der Waals surface area contributed by atoms with E-state index < -0.39 is 0 Å². The topological polar surface area (TPSA) is 17.1 Å². The van der Waals surface area contributed by atoms with Crippen LogP contribution >= 0.6 is 0 Å². The molecule has 88 valence electrons. The highest BCUT2D eigenvalue weighted by atomic mass is 16.1. The lowest BCUT2D eigenvalue weighted by molar-refractivity contribution is -0.115. The van der Waals surface area contributed by atoms with Crippen molar-refractivity contribution in [3.63, 3.8) is 0 Å². The maximum atomic E-state index is 11.7. The molecule has 0 amide bonds. The second kappa shape index (κ2) is 8.09. The second-order valence-electron chi connectivity index (χ2n) is 4.14. The van der Waals surface area contributed by atoms with Crippen molar-refractivity contribution in [2.24, 2.45) is 0 Å². The van der Waals surface area contributed by atoms with Crippen LogP contribution in [0.4, 0.5) is 0 Å². The molecule has 0 radical (unpaired) electrons. The molecule has 0 saturated heterocycles. The summed E-state index contributed by atoms with van der Waals surface area (Å²) in [5.74, 6) is 0.314. The average Bonchev–Trinajstić information content (AvgIpc) is 2.29. The minimum atomic E-state index is 0.314. The van der Waals surface area contributed by atoms with Gasteiger partial charge in [0.05, 0.1) is 0 Å². The molecule has 0 aromatic carbocycles. The van der Waals surface area contributed by atoms with E-state index in [-0.39, 0.29) is 0 Å². The fraction of sp³-hybridized carbons (Fsp3) is 0.533. The summed E-state index contributed by atoms with van der Waals surface area (Å²) in [6, 6.07) is 0. The summed E-state index contributed by atoms with van der Waals surface area (Å²) >= 11 is 0. The number of Topliss-reactive ketones (excluding diaryl/α,β-unsaturated/α-hetero) is 1. The maximum absolute atomic E-state index is 11.7. The summed E-state index contributed by atoms with van der Waals surface area (Å²) in [6.07, 6.45) is 17.9. The molecule has 0 bridgehead atoms. The lowest BCUT2D eigenvalue weighted by Gasteiger charge is -2.04. The van der Waals surface area contributed by atoms with Gasteiger partial charge in [-0.3, -0.25) is 4.79 Å². The Balaban J connectivity index is 2.61. The zero-order valence-electron chi connectivity index (χ0n) is 10.2. The Hall–Kier alpha value is -1.11. The first kappa shape index (κ1) is 13.0. The normalized spacial score (nSPS) is 25.7. The molecule has 0 unspecified atom stereocenters. The van der Waals surface area contributed by atoms with Gasteiger partial charge in [-0.1, -0.05) is 37.3 Å². The first-order valence-electron chi connectivity index (χ1n) is 6.36. The van der Waals surface area contributed by atoms with Crippen molar-refractivity contribution in [2.45, 2.75) is 51.9 Å². The molecular weight excluding hydrogens is 196 g/mol. The summed E-state index contributed by atoms with van der Waals surface area (Å²) in [5.41, 5.74) is 1.03. The molecule has 0 N–H and O–H groups in total. The molecule has 0 aromatic heterocycles. The molecule has 0 heterocycles. The van der Waals surface area contributed by atoms with E-state index in [0.717, 1.165) is 44.1 Å². The van der Waals surface area contributed by atoms with Crippen molar-refractivity contribution in [1.82, 2.24) is 0 Å². The van der Waals surface area contributed by atoms with Crippen LogP contribution in [0.3, 0.4) is 0 Å². The Kier molecular flexibility index (Phi) is 6.55. The monoisotopic (exact) mass is 218 g/mol. The van der Waals surface area contributed by atoms with Crippen molar-refractivity contribution < 1.29 is 4.79 Å². The Morgan fingerprint density at radius 1 is 1.00 bits per heavy atom. The number of rotatable bonds is 2. The van der Waals surface area contributed by atoms with Gasteiger partial charge in [0.1, 0.15) is 0 Å². The van der Waals surface area contributed by atoms with Crippen LogP contribution < -0.4 is 0 Å². The minimum Gasteiger partial charge on any atom is -0.295 e. The highest BCUT2D eigenvalue weighted by Crippen LogP contribution is 2.13. The number of hydrogen-bond donors (Lipinski definition) is 0. The SMILES string of the molecule is CCC(=O)/C1=C/CC/C=C\CC/C=C\CC1. The minimum absolute atomic E-state index is 0.314. The molecule has 0 aromatic rings. The maximum Gasteiger partial charge on any atom is 0.158 e. The van der Waals surface area contributed by atoms with E-state index in [2.05, 4.69) is 30.4 Å². The van der Waals surface area contributed by atoms with Gasteiger partial charge < -0.3 is 0 Å². The molecule has 0 aliphatic heterocycles. The molecule has 0 fully saturated rings. The fourth-order valence-electron chi connectivity index (χ4n) is 1.84. The van der Waals surface area contributed by atoms with Gasteiger partial charge >= 0.3 is 0 Å². The molecule has 1 rings (SSSR count). The van der Waals surface area contributed by atoms with Gasteiger partial charge in [0.15, 0.2) is 5.78 Å². The van der Waals surface area contributed by atoms with Crippen LogP contribution in [0.2, 0.25) is 0 Å². The number of allylic oxidation sites excluding steroid dienone is 6.